The highest BCUT2D eigenvalue weighted by Crippen LogP contribution is 2.29. The van der Waals surface area contributed by atoms with Crippen LogP contribution < -0.4 is 16.6 Å². The molecule has 1 amide bonds. The molecule has 2 aromatic heterocycles. The molecule has 0 saturated heterocycles. The molecule has 0 aliphatic rings. The predicted octanol–water partition coefficient (Wildman–Crippen LogP) is 1.98. The van der Waals surface area contributed by atoms with Crippen molar-refractivity contribution in [2.45, 2.75) is 57.4 Å². The number of rotatable bonds is 6. The summed E-state index contributed by atoms with van der Waals surface area (Å²) in [6.07, 6.45) is 4.47. The minimum Gasteiger partial charge on any atom is -0.351 e. The Labute approximate surface area is 163 Å². The number of hydrogen-bond acceptors (Lipinski definition) is 5. The summed E-state index contributed by atoms with van der Waals surface area (Å²) in [6.45, 7) is 7.88. The van der Waals surface area contributed by atoms with E-state index in [0.29, 0.717) is 11.0 Å². The van der Waals surface area contributed by atoms with Crippen molar-refractivity contribution in [1.82, 2.24) is 19.4 Å². The van der Waals surface area contributed by atoms with Crippen LogP contribution in [0.5, 0.6) is 0 Å². The first-order valence-corrected chi connectivity index (χ1v) is 10.1. The number of unbranched alkanes of at least 4 members (excludes halogenated alkanes) is 1. The number of amides is 1. The lowest BCUT2D eigenvalue weighted by molar-refractivity contribution is -0.119. The molecule has 0 atom stereocenters. The van der Waals surface area contributed by atoms with E-state index in [9.17, 15) is 14.4 Å². The van der Waals surface area contributed by atoms with Crippen LogP contribution in [0.3, 0.4) is 0 Å². The van der Waals surface area contributed by atoms with Gasteiger partial charge in [-0.05, 0) is 39.2 Å². The van der Waals surface area contributed by atoms with Gasteiger partial charge in [0.1, 0.15) is 5.65 Å². The lowest BCUT2D eigenvalue weighted by atomic mass is 10.1. The predicted molar refractivity (Wildman–Crippen MR) is 109 cm³/mol. The number of carbonyl (C=O) groups excluding carboxylic acids is 1. The smallest absolute Gasteiger partial charge is 0.332 e. The maximum atomic E-state index is 12.8. The zero-order valence-electron chi connectivity index (χ0n) is 16.9. The molecule has 0 aromatic carbocycles. The molecule has 2 aromatic rings. The molecular weight excluding hydrogens is 364 g/mol. The molecule has 0 spiro atoms. The van der Waals surface area contributed by atoms with Crippen molar-refractivity contribution in [3.63, 3.8) is 0 Å². The molecule has 2 heterocycles. The SMILES string of the molecule is CCCCc1cnc2c(c1SCC(=O)NC(C)(C)C)c(=O)n(C)c(=O)n2C. The number of nitrogens with one attached hydrogen (secondary N) is 1. The highest BCUT2D eigenvalue weighted by molar-refractivity contribution is 8.00. The Morgan fingerprint density at radius 3 is 2.48 bits per heavy atom. The molecule has 27 heavy (non-hydrogen) atoms. The van der Waals surface area contributed by atoms with Gasteiger partial charge in [-0.3, -0.25) is 18.7 Å². The fraction of sp³-hybridized carbons (Fsp3) is 0.579. The van der Waals surface area contributed by atoms with Gasteiger partial charge >= 0.3 is 5.69 Å². The van der Waals surface area contributed by atoms with Gasteiger partial charge in [-0.15, -0.1) is 11.8 Å². The second-order valence-corrected chi connectivity index (χ2v) is 8.69. The van der Waals surface area contributed by atoms with Crippen LogP contribution in [0.15, 0.2) is 20.7 Å². The Balaban J connectivity index is 2.57. The molecule has 148 valence electrons. The lowest BCUT2D eigenvalue weighted by Crippen LogP contribution is -2.41. The topological polar surface area (TPSA) is 86.0 Å². The fourth-order valence-electron chi connectivity index (χ4n) is 2.84. The van der Waals surface area contributed by atoms with Gasteiger partial charge < -0.3 is 5.32 Å². The van der Waals surface area contributed by atoms with Crippen LogP contribution in [0.1, 0.15) is 46.1 Å². The third-order valence-electron chi connectivity index (χ3n) is 4.16. The minimum absolute atomic E-state index is 0.0967. The molecule has 0 saturated carbocycles. The number of carbonyl (C=O) groups is 1. The summed E-state index contributed by atoms with van der Waals surface area (Å²) >= 11 is 1.33. The van der Waals surface area contributed by atoms with Gasteiger partial charge in [0.05, 0.1) is 11.1 Å². The molecule has 7 nitrogen and oxygen atoms in total. The normalized spacial score (nSPS) is 11.8. The van der Waals surface area contributed by atoms with E-state index in [2.05, 4.69) is 17.2 Å². The summed E-state index contributed by atoms with van der Waals surface area (Å²) in [5.41, 5.74) is 0.180. The Morgan fingerprint density at radius 1 is 1.22 bits per heavy atom. The summed E-state index contributed by atoms with van der Waals surface area (Å²) in [4.78, 5) is 42.4. The van der Waals surface area contributed by atoms with Gasteiger partial charge in [0.15, 0.2) is 0 Å². The summed E-state index contributed by atoms with van der Waals surface area (Å²) in [5.74, 6) is 0.0992. The van der Waals surface area contributed by atoms with Gasteiger partial charge in [-0.1, -0.05) is 13.3 Å². The summed E-state index contributed by atoms with van der Waals surface area (Å²) < 4.78 is 2.46. The van der Waals surface area contributed by atoms with Gasteiger partial charge in [0, 0.05) is 30.7 Å². The number of aryl methyl sites for hydroxylation is 2. The molecule has 0 aliphatic heterocycles. The first-order valence-electron chi connectivity index (χ1n) is 9.08. The summed E-state index contributed by atoms with van der Waals surface area (Å²) in [6, 6.07) is 0. The van der Waals surface area contributed by atoms with E-state index in [4.69, 9.17) is 0 Å². The van der Waals surface area contributed by atoms with Crippen LogP contribution in [0, 0.1) is 0 Å². The third-order valence-corrected chi connectivity index (χ3v) is 5.32. The first-order chi connectivity index (χ1) is 12.6. The van der Waals surface area contributed by atoms with Gasteiger partial charge in [0.2, 0.25) is 5.91 Å². The number of fused-ring (bicyclic) bond motifs is 1. The molecule has 0 bridgehead atoms. The van der Waals surface area contributed by atoms with Crippen LogP contribution in [-0.4, -0.2) is 31.3 Å². The molecular formula is C19H28N4O3S. The van der Waals surface area contributed by atoms with Gasteiger partial charge in [0.25, 0.3) is 5.56 Å². The van der Waals surface area contributed by atoms with Crippen molar-refractivity contribution in [2.24, 2.45) is 14.1 Å². The average molecular weight is 393 g/mol. The van der Waals surface area contributed by atoms with Crippen LogP contribution in [0.2, 0.25) is 0 Å². The number of pyridine rings is 1. The van der Waals surface area contributed by atoms with Crippen LogP contribution >= 0.6 is 11.8 Å². The summed E-state index contributed by atoms with van der Waals surface area (Å²) in [5, 5.41) is 3.34. The van der Waals surface area contributed by atoms with E-state index in [1.165, 1.54) is 23.4 Å². The molecule has 0 aliphatic carbocycles. The number of nitrogens with zero attached hydrogens (tertiary/aromatic N) is 3. The van der Waals surface area contributed by atoms with Crippen LogP contribution in [0.25, 0.3) is 11.0 Å². The van der Waals surface area contributed by atoms with Crippen molar-refractivity contribution in [2.75, 3.05) is 5.75 Å². The maximum Gasteiger partial charge on any atom is 0.332 e. The molecule has 2 rings (SSSR count). The van der Waals surface area contributed by atoms with Gasteiger partial charge in [-0.2, -0.15) is 0 Å². The number of hydrogen-bond donors (Lipinski definition) is 1. The minimum atomic E-state index is -0.414. The number of aromatic nitrogens is 3. The van der Waals surface area contributed by atoms with E-state index in [-0.39, 0.29) is 22.8 Å². The van der Waals surface area contributed by atoms with Gasteiger partial charge in [-0.25, -0.2) is 9.78 Å². The van der Waals surface area contributed by atoms with Crippen molar-refractivity contribution < 1.29 is 4.79 Å². The second kappa shape index (κ2) is 8.29. The van der Waals surface area contributed by atoms with E-state index in [1.807, 2.05) is 20.8 Å². The zero-order chi connectivity index (χ0) is 20.4. The maximum absolute atomic E-state index is 12.8. The Hall–Kier alpha value is -2.09. The molecule has 0 unspecified atom stereocenters. The van der Waals surface area contributed by atoms with Crippen LogP contribution in [0.4, 0.5) is 0 Å². The van der Waals surface area contributed by atoms with Crippen molar-refractivity contribution in [3.05, 3.63) is 32.6 Å². The van der Waals surface area contributed by atoms with E-state index in [1.54, 1.807) is 13.2 Å². The second-order valence-electron chi connectivity index (χ2n) is 7.71. The zero-order valence-corrected chi connectivity index (χ0v) is 17.7. The van der Waals surface area contributed by atoms with Crippen molar-refractivity contribution in [1.29, 1.82) is 0 Å². The Kier molecular flexibility index (Phi) is 6.51. The molecule has 0 fully saturated rings. The molecule has 0 radical (unpaired) electrons. The first kappa shape index (κ1) is 21.2. The van der Waals surface area contributed by atoms with Crippen LogP contribution in [-0.2, 0) is 25.3 Å². The Bertz CT molecular complexity index is 970. The Morgan fingerprint density at radius 2 is 1.89 bits per heavy atom. The molecule has 8 heteroatoms. The average Bonchev–Trinajstić information content (AvgIpc) is 2.59. The lowest BCUT2D eigenvalue weighted by Gasteiger charge is -2.20. The van der Waals surface area contributed by atoms with E-state index >= 15 is 0 Å². The van der Waals surface area contributed by atoms with E-state index < -0.39 is 5.69 Å². The summed E-state index contributed by atoms with van der Waals surface area (Å²) in [7, 11) is 3.06. The standard InChI is InChI=1S/C19H28N4O3S/c1-7-8-9-12-10-20-16-14(17(25)23(6)18(26)22(16)5)15(12)27-11-13(24)21-19(2,3)4/h10H,7-9,11H2,1-6H3,(H,21,24). The largest absolute Gasteiger partial charge is 0.351 e. The van der Waals surface area contributed by atoms with Crippen molar-refractivity contribution >= 4 is 28.7 Å². The third kappa shape index (κ3) is 4.80. The fourth-order valence-corrected chi connectivity index (χ4v) is 3.85. The highest BCUT2D eigenvalue weighted by atomic mass is 32.2. The highest BCUT2D eigenvalue weighted by Gasteiger charge is 2.20. The number of thioether (sulfide) groups is 1. The quantitative estimate of drug-likeness (QED) is 0.760. The molecule has 1 N–H and O–H groups in total. The van der Waals surface area contributed by atoms with Crippen molar-refractivity contribution in [3.8, 4) is 0 Å². The van der Waals surface area contributed by atoms with E-state index in [0.717, 1.165) is 34.3 Å². The monoisotopic (exact) mass is 392 g/mol.